The van der Waals surface area contributed by atoms with Gasteiger partial charge in [-0.25, -0.2) is 18.2 Å². The molecule has 3 aromatic carbocycles. The van der Waals surface area contributed by atoms with E-state index in [1.807, 2.05) is 36.1 Å². The van der Waals surface area contributed by atoms with Gasteiger partial charge in [-0.15, -0.1) is 0 Å². The Balaban J connectivity index is 1.21. The number of anilines is 2. The molecule has 1 aliphatic heterocycles. The normalized spacial score (nSPS) is 16.8. The fourth-order valence-electron chi connectivity index (χ4n) is 5.98. The number of nitrogens with one attached hydrogen (secondary N) is 2. The summed E-state index contributed by atoms with van der Waals surface area (Å²) in [5, 5.41) is 12.0. The third kappa shape index (κ3) is 5.90. The number of hydrogen-bond acceptors (Lipinski definition) is 4. The van der Waals surface area contributed by atoms with Crippen molar-refractivity contribution in [3.8, 4) is 0 Å². The molecular formula is C34H36F3N5O. The molecule has 1 amide bonds. The number of nitrogens with zero attached hydrogens (tertiary/aromatic N) is 3. The molecule has 9 heteroatoms. The fraction of sp³-hybridized carbons (Fsp3) is 0.382. The smallest absolute Gasteiger partial charge is 0.270 e. The molecule has 1 saturated heterocycles. The van der Waals surface area contributed by atoms with Gasteiger partial charge in [-0.2, -0.15) is 0 Å². The number of hydrogen-bond donors (Lipinski definition) is 2. The molecule has 1 atom stereocenters. The van der Waals surface area contributed by atoms with E-state index in [-0.39, 0.29) is 23.3 Å². The van der Waals surface area contributed by atoms with E-state index in [0.717, 1.165) is 36.6 Å². The van der Waals surface area contributed by atoms with Crippen LogP contribution in [0.2, 0.25) is 0 Å². The predicted octanol–water partition coefficient (Wildman–Crippen LogP) is 8.57. The molecule has 2 N–H and O–H groups in total. The molecule has 2 heterocycles. The zero-order valence-electron chi connectivity index (χ0n) is 24.4. The summed E-state index contributed by atoms with van der Waals surface area (Å²) in [6.07, 6.45) is 2.39. The van der Waals surface area contributed by atoms with Crippen LogP contribution >= 0.6 is 0 Å². The Morgan fingerprint density at radius 3 is 2.49 bits per heavy atom. The van der Waals surface area contributed by atoms with Gasteiger partial charge in [-0.1, -0.05) is 31.2 Å². The maximum absolute atomic E-state index is 15.1. The summed E-state index contributed by atoms with van der Waals surface area (Å²) in [5.41, 5.74) is 4.12. The molecule has 1 unspecified atom stereocenters. The summed E-state index contributed by atoms with van der Waals surface area (Å²) in [7, 11) is 0. The van der Waals surface area contributed by atoms with Crippen molar-refractivity contribution >= 4 is 34.0 Å². The number of para-hydroxylation sites is 2. The fourth-order valence-corrected chi connectivity index (χ4v) is 5.98. The number of benzene rings is 3. The van der Waals surface area contributed by atoms with E-state index in [1.54, 1.807) is 34.9 Å². The van der Waals surface area contributed by atoms with Crippen LogP contribution in [-0.4, -0.2) is 39.2 Å². The van der Waals surface area contributed by atoms with Crippen molar-refractivity contribution in [2.24, 2.45) is 5.92 Å². The summed E-state index contributed by atoms with van der Waals surface area (Å²) in [4.78, 5) is 20.3. The maximum atomic E-state index is 15.1. The molecule has 6 nitrogen and oxygen atoms in total. The van der Waals surface area contributed by atoms with Crippen molar-refractivity contribution in [3.63, 3.8) is 0 Å². The van der Waals surface area contributed by atoms with Gasteiger partial charge in [-0.3, -0.25) is 9.36 Å². The zero-order chi connectivity index (χ0) is 30.3. The molecule has 2 aliphatic rings. The van der Waals surface area contributed by atoms with Gasteiger partial charge in [0.15, 0.2) is 6.30 Å². The van der Waals surface area contributed by atoms with Crippen molar-refractivity contribution in [1.29, 1.82) is 5.41 Å². The van der Waals surface area contributed by atoms with E-state index in [1.165, 1.54) is 12.1 Å². The third-order valence-corrected chi connectivity index (χ3v) is 8.58. The first kappa shape index (κ1) is 29.0. The van der Waals surface area contributed by atoms with E-state index >= 15 is 4.39 Å². The van der Waals surface area contributed by atoms with E-state index < -0.39 is 12.2 Å². The first-order chi connectivity index (χ1) is 20.6. The maximum Gasteiger partial charge on any atom is 0.270 e. The molecule has 0 radical (unpaired) electrons. The van der Waals surface area contributed by atoms with Crippen LogP contribution in [0.25, 0.3) is 11.0 Å². The molecule has 6 rings (SSSR count). The average molecular weight is 588 g/mol. The highest BCUT2D eigenvalue weighted by Crippen LogP contribution is 2.38. The van der Waals surface area contributed by atoms with Crippen LogP contribution < -0.4 is 5.32 Å². The quantitative estimate of drug-likeness (QED) is 0.193. The van der Waals surface area contributed by atoms with Crippen LogP contribution in [0, 0.1) is 11.3 Å². The average Bonchev–Trinajstić information content (AvgIpc) is 3.80. The Hall–Kier alpha value is -4.14. The highest BCUT2D eigenvalue weighted by Gasteiger charge is 2.32. The van der Waals surface area contributed by atoms with Crippen LogP contribution in [0.4, 0.5) is 24.5 Å². The number of carbonyl (C=O) groups is 1. The van der Waals surface area contributed by atoms with Crippen molar-refractivity contribution in [3.05, 3.63) is 89.2 Å². The first-order valence-corrected chi connectivity index (χ1v) is 15.0. The highest BCUT2D eigenvalue weighted by molar-refractivity contribution is 6.08. The van der Waals surface area contributed by atoms with Gasteiger partial charge in [0, 0.05) is 65.6 Å². The molecule has 1 aromatic heterocycles. The van der Waals surface area contributed by atoms with E-state index in [9.17, 15) is 13.6 Å². The lowest BCUT2D eigenvalue weighted by atomic mass is 9.94. The van der Waals surface area contributed by atoms with Gasteiger partial charge in [0.05, 0.1) is 11.0 Å². The minimum absolute atomic E-state index is 0.0395. The number of alkyl halides is 3. The second kappa shape index (κ2) is 11.5. The lowest BCUT2D eigenvalue weighted by Crippen LogP contribution is -2.38. The van der Waals surface area contributed by atoms with E-state index in [4.69, 9.17) is 10.4 Å². The third-order valence-electron chi connectivity index (χ3n) is 8.58. The van der Waals surface area contributed by atoms with Gasteiger partial charge in [0.25, 0.3) is 11.8 Å². The minimum Gasteiger partial charge on any atom is -0.355 e. The summed E-state index contributed by atoms with van der Waals surface area (Å²) >= 11 is 0. The molecule has 43 heavy (non-hydrogen) atoms. The topological polar surface area (TPSA) is 74.0 Å². The Kier molecular flexibility index (Phi) is 7.75. The highest BCUT2D eigenvalue weighted by atomic mass is 19.3. The van der Waals surface area contributed by atoms with Crippen molar-refractivity contribution in [2.75, 3.05) is 18.4 Å². The van der Waals surface area contributed by atoms with Crippen molar-refractivity contribution < 1.29 is 18.0 Å². The molecule has 0 spiro atoms. The molecule has 4 aromatic rings. The number of halogens is 3. The van der Waals surface area contributed by atoms with Gasteiger partial charge < -0.3 is 15.6 Å². The van der Waals surface area contributed by atoms with Crippen molar-refractivity contribution in [1.82, 2.24) is 14.5 Å². The first-order valence-electron chi connectivity index (χ1n) is 15.0. The number of imidazole rings is 1. The monoisotopic (exact) mass is 587 g/mol. The number of carbonyl (C=O) groups excluding carboxylic acids is 1. The van der Waals surface area contributed by atoms with Crippen LogP contribution in [0.1, 0.15) is 85.5 Å². The SMILES string of the molecule is CCC(F)n1c(C2CCN(C(=O)c3ccc(Nc4cccc(C(C)(F)F)c4)c(C(=N)C4CC4)c3)CC2)nc2ccccc21. The summed E-state index contributed by atoms with van der Waals surface area (Å²) < 4.78 is 44.7. The van der Waals surface area contributed by atoms with Gasteiger partial charge >= 0.3 is 0 Å². The summed E-state index contributed by atoms with van der Waals surface area (Å²) in [6.45, 7) is 3.72. The number of fused-ring (bicyclic) bond motifs is 1. The molecule has 2 fully saturated rings. The number of aromatic nitrogens is 2. The van der Waals surface area contributed by atoms with Crippen LogP contribution in [0.3, 0.4) is 0 Å². The van der Waals surface area contributed by atoms with Gasteiger partial charge in [0.1, 0.15) is 5.82 Å². The molecule has 1 saturated carbocycles. The Morgan fingerprint density at radius 2 is 1.79 bits per heavy atom. The Bertz CT molecular complexity index is 1660. The number of likely N-dealkylation sites (tertiary alicyclic amines) is 1. The summed E-state index contributed by atoms with van der Waals surface area (Å²) in [5.74, 6) is -2.18. The number of rotatable bonds is 9. The lowest BCUT2D eigenvalue weighted by Gasteiger charge is -2.32. The zero-order valence-corrected chi connectivity index (χ0v) is 24.4. The predicted molar refractivity (Wildman–Crippen MR) is 163 cm³/mol. The van der Waals surface area contributed by atoms with Crippen LogP contribution in [-0.2, 0) is 5.92 Å². The lowest BCUT2D eigenvalue weighted by molar-refractivity contribution is 0.0175. The molecule has 1 aliphatic carbocycles. The number of amides is 1. The van der Waals surface area contributed by atoms with Crippen molar-refractivity contribution in [2.45, 2.75) is 64.1 Å². The molecule has 224 valence electrons. The van der Waals surface area contributed by atoms with Crippen LogP contribution in [0.15, 0.2) is 66.7 Å². The molecule has 0 bridgehead atoms. The van der Waals surface area contributed by atoms with E-state index in [2.05, 4.69) is 5.32 Å². The number of piperidine rings is 1. The van der Waals surface area contributed by atoms with E-state index in [0.29, 0.717) is 60.6 Å². The largest absolute Gasteiger partial charge is 0.355 e. The Labute approximate surface area is 249 Å². The summed E-state index contributed by atoms with van der Waals surface area (Å²) in [6, 6.07) is 18.9. The van der Waals surface area contributed by atoms with Gasteiger partial charge in [0.2, 0.25) is 0 Å². The Morgan fingerprint density at radius 1 is 1.05 bits per heavy atom. The second-order valence-corrected chi connectivity index (χ2v) is 11.8. The van der Waals surface area contributed by atoms with Crippen LogP contribution in [0.5, 0.6) is 0 Å². The minimum atomic E-state index is -2.97. The van der Waals surface area contributed by atoms with Gasteiger partial charge in [-0.05, 0) is 74.6 Å². The standard InChI is InChI=1S/C34H36F3N5O/c1-3-30(35)42-29-10-5-4-9-28(29)40-32(42)22-15-17-41(18-16-22)33(43)23-13-14-27(26(19-23)31(38)21-11-12-21)39-25-8-6-7-24(20-25)34(2,36)37/h4-10,13-14,19-22,30,38-39H,3,11-12,15-18H2,1-2H3. The second-order valence-electron chi connectivity index (χ2n) is 11.8. The molecular weight excluding hydrogens is 551 g/mol.